The summed E-state index contributed by atoms with van der Waals surface area (Å²) < 4.78 is 10.9. The molecule has 2 bridgehead atoms. The molecule has 0 spiro atoms. The summed E-state index contributed by atoms with van der Waals surface area (Å²) in [7, 11) is 1.45. The number of rotatable bonds is 2. The Bertz CT molecular complexity index is 471. The van der Waals surface area contributed by atoms with Gasteiger partial charge < -0.3 is 15.2 Å². The van der Waals surface area contributed by atoms with E-state index in [9.17, 15) is 4.79 Å². The van der Waals surface area contributed by atoms with Crippen molar-refractivity contribution < 1.29 is 14.3 Å². The largest absolute Gasteiger partial charge is 0.469 e. The molecule has 0 aromatic heterocycles. The van der Waals surface area contributed by atoms with Crippen molar-refractivity contribution >= 4 is 11.7 Å². The lowest BCUT2D eigenvalue weighted by Gasteiger charge is -2.35. The number of fused-ring (bicyclic) bond motifs is 2. The van der Waals surface area contributed by atoms with Crippen molar-refractivity contribution in [3.05, 3.63) is 29.8 Å². The van der Waals surface area contributed by atoms with Crippen LogP contribution in [0.15, 0.2) is 24.3 Å². The zero-order chi connectivity index (χ0) is 13.4. The number of ether oxygens (including phenoxy) is 2. The van der Waals surface area contributed by atoms with Gasteiger partial charge in [0, 0.05) is 11.6 Å². The van der Waals surface area contributed by atoms with Gasteiger partial charge in [-0.3, -0.25) is 4.79 Å². The predicted molar refractivity (Wildman–Crippen MR) is 71.6 cm³/mol. The molecule has 2 fully saturated rings. The minimum Gasteiger partial charge on any atom is -0.469 e. The summed E-state index contributed by atoms with van der Waals surface area (Å²) in [6.45, 7) is 0. The summed E-state index contributed by atoms with van der Waals surface area (Å²) in [5.41, 5.74) is 7.63. The molecule has 1 unspecified atom stereocenters. The van der Waals surface area contributed by atoms with Gasteiger partial charge in [-0.1, -0.05) is 12.1 Å². The first-order valence-corrected chi connectivity index (χ1v) is 6.77. The normalized spacial score (nSPS) is 33.1. The minimum absolute atomic E-state index is 0.00810. The van der Waals surface area contributed by atoms with Crippen molar-refractivity contribution in [3.8, 4) is 0 Å². The number of methoxy groups -OCH3 is 1. The van der Waals surface area contributed by atoms with E-state index in [1.807, 2.05) is 24.3 Å². The van der Waals surface area contributed by atoms with Gasteiger partial charge in [0.1, 0.15) is 0 Å². The Balaban J connectivity index is 1.92. The van der Waals surface area contributed by atoms with Gasteiger partial charge in [-0.15, -0.1) is 0 Å². The van der Waals surface area contributed by atoms with E-state index in [0.29, 0.717) is 0 Å². The van der Waals surface area contributed by atoms with E-state index >= 15 is 0 Å². The number of hydrogen-bond acceptors (Lipinski definition) is 4. The molecule has 1 aromatic rings. The highest BCUT2D eigenvalue weighted by atomic mass is 16.5. The number of nitrogens with two attached hydrogens (primary N) is 1. The van der Waals surface area contributed by atoms with Crippen LogP contribution in [-0.2, 0) is 14.3 Å². The first-order valence-electron chi connectivity index (χ1n) is 6.77. The molecule has 2 N–H and O–H groups in total. The zero-order valence-electron chi connectivity index (χ0n) is 11.0. The Hall–Kier alpha value is -1.55. The quantitative estimate of drug-likeness (QED) is 0.654. The number of carbonyl (C=O) groups excluding carboxylic acids is 1. The molecule has 102 valence electrons. The maximum absolute atomic E-state index is 12.1. The van der Waals surface area contributed by atoms with Crippen LogP contribution in [0.2, 0.25) is 0 Å². The summed E-state index contributed by atoms with van der Waals surface area (Å²) in [5, 5.41) is 0. The summed E-state index contributed by atoms with van der Waals surface area (Å²) in [5.74, 6) is -0.168. The lowest BCUT2D eigenvalue weighted by molar-refractivity contribution is -0.156. The van der Waals surface area contributed by atoms with Crippen LogP contribution in [0.25, 0.3) is 0 Å². The summed E-state index contributed by atoms with van der Waals surface area (Å²) in [6, 6.07) is 7.81. The second-order valence-electron chi connectivity index (χ2n) is 5.43. The van der Waals surface area contributed by atoms with Crippen molar-refractivity contribution in [3.63, 3.8) is 0 Å². The molecule has 1 aromatic carbocycles. The van der Waals surface area contributed by atoms with Crippen molar-refractivity contribution in [2.45, 2.75) is 37.4 Å². The van der Waals surface area contributed by atoms with Crippen LogP contribution in [0, 0.1) is 5.92 Å². The van der Waals surface area contributed by atoms with E-state index in [2.05, 4.69) is 0 Å². The fourth-order valence-electron chi connectivity index (χ4n) is 3.40. The number of anilines is 1. The topological polar surface area (TPSA) is 61.5 Å². The number of nitrogen functional groups attached to an aromatic ring is 1. The maximum Gasteiger partial charge on any atom is 0.311 e. The van der Waals surface area contributed by atoms with Gasteiger partial charge in [0.2, 0.25) is 0 Å². The summed E-state index contributed by atoms with van der Waals surface area (Å²) >= 11 is 0. The van der Waals surface area contributed by atoms with Gasteiger partial charge in [0.15, 0.2) is 0 Å². The Morgan fingerprint density at radius 2 is 2.05 bits per heavy atom. The summed E-state index contributed by atoms with van der Waals surface area (Å²) in [6.07, 6.45) is 3.18. The maximum atomic E-state index is 12.1. The Morgan fingerprint density at radius 1 is 1.32 bits per heavy atom. The second-order valence-corrected chi connectivity index (χ2v) is 5.43. The van der Waals surface area contributed by atoms with Gasteiger partial charge in [-0.05, 0) is 37.0 Å². The third kappa shape index (κ3) is 2.21. The van der Waals surface area contributed by atoms with Crippen LogP contribution < -0.4 is 5.73 Å². The number of esters is 1. The van der Waals surface area contributed by atoms with Gasteiger partial charge in [0.25, 0.3) is 0 Å². The third-order valence-corrected chi connectivity index (χ3v) is 4.33. The van der Waals surface area contributed by atoms with Crippen LogP contribution in [-0.4, -0.2) is 25.3 Å². The fourth-order valence-corrected chi connectivity index (χ4v) is 3.40. The average Bonchev–Trinajstić information content (AvgIpc) is 2.80. The molecule has 2 aliphatic heterocycles. The third-order valence-electron chi connectivity index (χ3n) is 4.33. The van der Waals surface area contributed by atoms with E-state index in [1.165, 1.54) is 7.11 Å². The monoisotopic (exact) mass is 261 g/mol. The van der Waals surface area contributed by atoms with Crippen molar-refractivity contribution in [1.82, 2.24) is 0 Å². The van der Waals surface area contributed by atoms with Crippen molar-refractivity contribution in [2.24, 2.45) is 5.92 Å². The fraction of sp³-hybridized carbons (Fsp3) is 0.533. The van der Waals surface area contributed by atoms with Crippen LogP contribution in [0.3, 0.4) is 0 Å². The van der Waals surface area contributed by atoms with E-state index in [-0.39, 0.29) is 30.0 Å². The molecular weight excluding hydrogens is 242 g/mol. The number of hydrogen-bond donors (Lipinski definition) is 1. The molecule has 3 rings (SSSR count). The molecule has 4 heteroatoms. The Labute approximate surface area is 112 Å². The smallest absolute Gasteiger partial charge is 0.311 e. The van der Waals surface area contributed by atoms with Gasteiger partial charge in [-0.2, -0.15) is 0 Å². The second kappa shape index (κ2) is 4.85. The number of benzene rings is 1. The van der Waals surface area contributed by atoms with Gasteiger partial charge in [0.05, 0.1) is 25.2 Å². The predicted octanol–water partition coefficient (Wildman–Crippen LogP) is 2.09. The first kappa shape index (κ1) is 12.5. The van der Waals surface area contributed by atoms with E-state index < -0.39 is 0 Å². The molecule has 19 heavy (non-hydrogen) atoms. The molecule has 0 aliphatic carbocycles. The molecule has 2 aliphatic rings. The van der Waals surface area contributed by atoms with Crippen molar-refractivity contribution in [2.75, 3.05) is 12.8 Å². The van der Waals surface area contributed by atoms with E-state index in [0.717, 1.165) is 30.5 Å². The molecule has 4 nitrogen and oxygen atoms in total. The standard InChI is InChI=1S/C15H19NO3/c1-18-15(17)14-12(8-11-6-7-13(14)19-11)9-2-4-10(16)5-3-9/h2-5,11-14H,6-8,16H2,1H3/t11?,12-,13-,14+/m1/s1. The van der Waals surface area contributed by atoms with E-state index in [1.54, 1.807) is 0 Å². The molecule has 0 amide bonds. The SMILES string of the molecule is COC(=O)[C@H]1[C@@H](c2ccc(N)cc2)CC2CC[C@H]1O2. The van der Waals surface area contributed by atoms with Crippen LogP contribution in [0.5, 0.6) is 0 Å². The van der Waals surface area contributed by atoms with Gasteiger partial charge >= 0.3 is 5.97 Å². The van der Waals surface area contributed by atoms with E-state index in [4.69, 9.17) is 15.2 Å². The average molecular weight is 261 g/mol. The number of carbonyl (C=O) groups is 1. The first-order chi connectivity index (χ1) is 9.19. The van der Waals surface area contributed by atoms with Crippen LogP contribution in [0.1, 0.15) is 30.7 Å². The van der Waals surface area contributed by atoms with Gasteiger partial charge in [-0.25, -0.2) is 0 Å². The highest BCUT2D eigenvalue weighted by Crippen LogP contribution is 2.45. The highest BCUT2D eigenvalue weighted by Gasteiger charge is 2.47. The zero-order valence-corrected chi connectivity index (χ0v) is 11.0. The van der Waals surface area contributed by atoms with Crippen molar-refractivity contribution in [1.29, 1.82) is 0 Å². The Morgan fingerprint density at radius 3 is 2.74 bits per heavy atom. The lowest BCUT2D eigenvalue weighted by atomic mass is 9.79. The molecule has 2 heterocycles. The molecule has 0 radical (unpaired) electrons. The Kier molecular flexibility index (Phi) is 3.19. The molecule has 4 atom stereocenters. The molecule has 0 saturated carbocycles. The molecule has 2 saturated heterocycles. The van der Waals surface area contributed by atoms with Crippen LogP contribution in [0.4, 0.5) is 5.69 Å². The van der Waals surface area contributed by atoms with Crippen LogP contribution >= 0.6 is 0 Å². The minimum atomic E-state index is -0.188. The summed E-state index contributed by atoms with van der Waals surface area (Å²) in [4.78, 5) is 12.1. The molecular formula is C15H19NO3. The lowest BCUT2D eigenvalue weighted by Crippen LogP contribution is -2.39. The highest BCUT2D eigenvalue weighted by molar-refractivity contribution is 5.74.